The molecule has 1 N–H and O–H groups in total. The molecule has 1 aliphatic carbocycles. The lowest BCUT2D eigenvalue weighted by atomic mass is 9.99. The van der Waals surface area contributed by atoms with Gasteiger partial charge in [-0.25, -0.2) is 4.79 Å². The van der Waals surface area contributed by atoms with Crippen molar-refractivity contribution in [3.63, 3.8) is 0 Å². The molecule has 2 nitrogen and oxygen atoms in total. The van der Waals surface area contributed by atoms with Crippen LogP contribution in [0.25, 0.3) is 0 Å². The third-order valence-electron chi connectivity index (χ3n) is 3.25. The summed E-state index contributed by atoms with van der Waals surface area (Å²) in [6, 6.07) is 8.47. The van der Waals surface area contributed by atoms with Crippen LogP contribution in [0.3, 0.4) is 0 Å². The van der Waals surface area contributed by atoms with E-state index in [0.29, 0.717) is 5.92 Å². The maximum absolute atomic E-state index is 10.8. The van der Waals surface area contributed by atoms with Gasteiger partial charge < -0.3 is 5.11 Å². The van der Waals surface area contributed by atoms with Crippen LogP contribution >= 0.6 is 0 Å². The number of aryl methyl sites for hydroxylation is 1. The van der Waals surface area contributed by atoms with Gasteiger partial charge in [-0.05, 0) is 42.7 Å². The molecule has 90 valence electrons. The van der Waals surface area contributed by atoms with Crippen LogP contribution in [0.5, 0.6) is 0 Å². The summed E-state index contributed by atoms with van der Waals surface area (Å²) in [5.41, 5.74) is 3.60. The predicted octanol–water partition coefficient (Wildman–Crippen LogP) is 3.21. The number of carbonyl (C=O) groups is 1. The number of aliphatic carboxylic acids is 1. The lowest BCUT2D eigenvalue weighted by molar-refractivity contribution is -0.131. The second-order valence-corrected chi connectivity index (χ2v) is 4.68. The van der Waals surface area contributed by atoms with Crippen molar-refractivity contribution in [2.45, 2.75) is 32.6 Å². The summed E-state index contributed by atoms with van der Waals surface area (Å²) in [4.78, 5) is 10.8. The fourth-order valence-electron chi connectivity index (χ4n) is 2.05. The maximum Gasteiger partial charge on any atom is 0.328 e. The van der Waals surface area contributed by atoms with Gasteiger partial charge in [0.25, 0.3) is 0 Å². The van der Waals surface area contributed by atoms with Gasteiger partial charge in [-0.15, -0.1) is 0 Å². The number of carboxylic acids is 1. The molecule has 17 heavy (non-hydrogen) atoms. The van der Waals surface area contributed by atoms with Crippen LogP contribution in [0.15, 0.2) is 35.9 Å². The van der Waals surface area contributed by atoms with Crippen molar-refractivity contribution in [3.05, 3.63) is 47.0 Å². The van der Waals surface area contributed by atoms with Crippen LogP contribution in [-0.4, -0.2) is 11.1 Å². The lowest BCUT2D eigenvalue weighted by Crippen LogP contribution is -1.98. The van der Waals surface area contributed by atoms with Crippen molar-refractivity contribution >= 4 is 5.97 Å². The smallest absolute Gasteiger partial charge is 0.328 e. The zero-order valence-corrected chi connectivity index (χ0v) is 10.1. The molecule has 1 fully saturated rings. The van der Waals surface area contributed by atoms with Crippen LogP contribution < -0.4 is 0 Å². The van der Waals surface area contributed by atoms with E-state index in [-0.39, 0.29) is 0 Å². The molecule has 1 saturated carbocycles. The van der Waals surface area contributed by atoms with Crippen molar-refractivity contribution in [2.24, 2.45) is 5.92 Å². The third-order valence-corrected chi connectivity index (χ3v) is 3.25. The highest BCUT2D eigenvalue weighted by Gasteiger charge is 2.26. The number of allylic oxidation sites excluding steroid dienone is 1. The fourth-order valence-corrected chi connectivity index (χ4v) is 2.05. The summed E-state index contributed by atoms with van der Waals surface area (Å²) >= 11 is 0. The Hall–Kier alpha value is -1.57. The fraction of sp³-hybridized carbons (Fsp3) is 0.400. The lowest BCUT2D eigenvalue weighted by Gasteiger charge is -2.06. The summed E-state index contributed by atoms with van der Waals surface area (Å²) in [7, 11) is 0. The minimum atomic E-state index is -0.822. The first kappa shape index (κ1) is 11.9. The minimum Gasteiger partial charge on any atom is -0.478 e. The molecule has 0 unspecified atom stereocenters. The molecule has 1 aromatic carbocycles. The molecule has 0 aliphatic heterocycles. The minimum absolute atomic E-state index is 0.511. The topological polar surface area (TPSA) is 37.3 Å². The van der Waals surface area contributed by atoms with E-state index in [1.165, 1.54) is 17.2 Å². The Bertz CT molecular complexity index is 425. The Labute approximate surface area is 102 Å². The van der Waals surface area contributed by atoms with E-state index < -0.39 is 5.97 Å². The summed E-state index contributed by atoms with van der Waals surface area (Å²) in [5, 5.41) is 8.84. The SMILES string of the molecule is CCc1ccc(C/C(=C/C(=O)O)C2CC2)cc1. The number of hydrogen-bond acceptors (Lipinski definition) is 1. The molecule has 0 heterocycles. The second-order valence-electron chi connectivity index (χ2n) is 4.68. The van der Waals surface area contributed by atoms with E-state index in [4.69, 9.17) is 5.11 Å². The van der Waals surface area contributed by atoms with Gasteiger partial charge in [-0.2, -0.15) is 0 Å². The van der Waals surface area contributed by atoms with Crippen molar-refractivity contribution in [3.8, 4) is 0 Å². The molecular formula is C15H18O2. The Balaban J connectivity index is 2.09. The van der Waals surface area contributed by atoms with Crippen molar-refractivity contribution in [1.29, 1.82) is 0 Å². The molecule has 0 saturated heterocycles. The van der Waals surface area contributed by atoms with Gasteiger partial charge in [-0.1, -0.05) is 36.8 Å². The molecule has 0 aromatic heterocycles. The van der Waals surface area contributed by atoms with Gasteiger partial charge in [-0.3, -0.25) is 0 Å². The van der Waals surface area contributed by atoms with E-state index in [9.17, 15) is 4.79 Å². The Kier molecular flexibility index (Phi) is 3.62. The zero-order chi connectivity index (χ0) is 12.3. The van der Waals surface area contributed by atoms with Crippen LogP contribution in [0, 0.1) is 5.92 Å². The summed E-state index contributed by atoms with van der Waals surface area (Å²) in [6.45, 7) is 2.13. The number of carboxylic acid groups (broad SMARTS) is 1. The molecule has 1 aliphatic rings. The highest BCUT2D eigenvalue weighted by Crippen LogP contribution is 2.38. The summed E-state index contributed by atoms with van der Waals surface area (Å²) in [6.07, 6.45) is 5.51. The average Bonchev–Trinajstić information content (AvgIpc) is 3.12. The quantitative estimate of drug-likeness (QED) is 0.789. The van der Waals surface area contributed by atoms with Gasteiger partial charge in [0.05, 0.1) is 0 Å². The molecule has 0 atom stereocenters. The number of hydrogen-bond donors (Lipinski definition) is 1. The first-order valence-corrected chi connectivity index (χ1v) is 6.20. The van der Waals surface area contributed by atoms with Gasteiger partial charge in [0.1, 0.15) is 0 Å². The monoisotopic (exact) mass is 230 g/mol. The molecule has 0 bridgehead atoms. The molecule has 1 aromatic rings. The van der Waals surface area contributed by atoms with E-state index in [0.717, 1.165) is 31.3 Å². The van der Waals surface area contributed by atoms with Crippen LogP contribution in [0.4, 0.5) is 0 Å². The predicted molar refractivity (Wildman–Crippen MR) is 68.0 cm³/mol. The van der Waals surface area contributed by atoms with Crippen LogP contribution in [0.1, 0.15) is 30.9 Å². The first-order chi connectivity index (χ1) is 8.19. The number of rotatable bonds is 5. The van der Waals surface area contributed by atoms with Gasteiger partial charge >= 0.3 is 5.97 Å². The van der Waals surface area contributed by atoms with Gasteiger partial charge in [0.2, 0.25) is 0 Å². The maximum atomic E-state index is 10.8. The third kappa shape index (κ3) is 3.45. The first-order valence-electron chi connectivity index (χ1n) is 6.20. The molecule has 0 amide bonds. The van der Waals surface area contributed by atoms with E-state index in [1.54, 1.807) is 0 Å². The van der Waals surface area contributed by atoms with Crippen molar-refractivity contribution < 1.29 is 9.90 Å². The van der Waals surface area contributed by atoms with E-state index in [2.05, 4.69) is 31.2 Å². The highest BCUT2D eigenvalue weighted by atomic mass is 16.4. The molecular weight excluding hydrogens is 212 g/mol. The largest absolute Gasteiger partial charge is 0.478 e. The standard InChI is InChI=1S/C15H18O2/c1-2-11-3-5-12(6-4-11)9-14(10-15(16)17)13-7-8-13/h3-6,10,13H,2,7-9H2,1H3,(H,16,17)/b14-10-. The summed E-state index contributed by atoms with van der Waals surface area (Å²) < 4.78 is 0. The Morgan fingerprint density at radius 2 is 1.88 bits per heavy atom. The van der Waals surface area contributed by atoms with Crippen LogP contribution in [0.2, 0.25) is 0 Å². The average molecular weight is 230 g/mol. The van der Waals surface area contributed by atoms with Crippen molar-refractivity contribution in [2.75, 3.05) is 0 Å². The van der Waals surface area contributed by atoms with E-state index >= 15 is 0 Å². The normalized spacial score (nSPS) is 15.9. The molecule has 0 spiro atoms. The van der Waals surface area contributed by atoms with Crippen molar-refractivity contribution in [1.82, 2.24) is 0 Å². The molecule has 2 heteroatoms. The molecule has 0 radical (unpaired) electrons. The van der Waals surface area contributed by atoms with Gasteiger partial charge in [0, 0.05) is 6.08 Å². The van der Waals surface area contributed by atoms with E-state index in [1.807, 2.05) is 0 Å². The summed E-state index contributed by atoms with van der Waals surface area (Å²) in [5.74, 6) is -0.311. The highest BCUT2D eigenvalue weighted by molar-refractivity contribution is 5.81. The second kappa shape index (κ2) is 5.17. The van der Waals surface area contributed by atoms with Crippen LogP contribution in [-0.2, 0) is 17.6 Å². The Morgan fingerprint density at radius 3 is 2.35 bits per heavy atom. The zero-order valence-electron chi connectivity index (χ0n) is 10.1. The van der Waals surface area contributed by atoms with Gasteiger partial charge in [0.15, 0.2) is 0 Å². The number of benzene rings is 1. The Morgan fingerprint density at radius 1 is 1.29 bits per heavy atom. The molecule has 2 rings (SSSR count).